The molecule has 1 atom stereocenters. The van der Waals surface area contributed by atoms with Crippen LogP contribution in [0.5, 0.6) is 0 Å². The van der Waals surface area contributed by atoms with Crippen molar-refractivity contribution in [2.45, 2.75) is 18.9 Å². The van der Waals surface area contributed by atoms with Crippen LogP contribution in [0.15, 0.2) is 42.0 Å². The molecule has 3 heterocycles. The largest absolute Gasteiger partial charge is 0.346 e. The lowest BCUT2D eigenvalue weighted by atomic mass is 10.1. The third-order valence-corrected chi connectivity index (χ3v) is 5.23. The summed E-state index contributed by atoms with van der Waals surface area (Å²) in [5, 5.41) is 4.79. The van der Waals surface area contributed by atoms with E-state index in [-0.39, 0.29) is 30.1 Å². The highest BCUT2D eigenvalue weighted by atomic mass is 32.1. The predicted octanol–water partition coefficient (Wildman–Crippen LogP) is 2.11. The minimum absolute atomic E-state index is 0.0169. The van der Waals surface area contributed by atoms with E-state index >= 15 is 0 Å². The van der Waals surface area contributed by atoms with E-state index in [1.54, 1.807) is 27.6 Å². The molecule has 6 nitrogen and oxygen atoms in total. The van der Waals surface area contributed by atoms with Crippen LogP contribution in [0.2, 0.25) is 0 Å². The van der Waals surface area contributed by atoms with E-state index < -0.39 is 0 Å². The Labute approximate surface area is 153 Å². The molecule has 0 aliphatic carbocycles. The highest BCUT2D eigenvalue weighted by molar-refractivity contribution is 7.15. The van der Waals surface area contributed by atoms with Gasteiger partial charge in [-0.2, -0.15) is 0 Å². The first-order chi connectivity index (χ1) is 12.6. The van der Waals surface area contributed by atoms with Crippen LogP contribution < -0.4 is 5.32 Å². The summed E-state index contributed by atoms with van der Waals surface area (Å²) in [6.45, 7) is 1.03. The molecule has 0 radical (unpaired) electrons. The fourth-order valence-corrected chi connectivity index (χ4v) is 3.80. The van der Waals surface area contributed by atoms with Gasteiger partial charge in [0.05, 0.1) is 6.04 Å². The lowest BCUT2D eigenvalue weighted by molar-refractivity contribution is -0.127. The van der Waals surface area contributed by atoms with Gasteiger partial charge in [-0.15, -0.1) is 11.3 Å². The molecule has 3 aromatic rings. The van der Waals surface area contributed by atoms with Gasteiger partial charge in [-0.05, 0) is 24.1 Å². The maximum Gasteiger partial charge on any atom is 0.271 e. The normalized spacial score (nSPS) is 17.2. The second kappa shape index (κ2) is 6.87. The van der Waals surface area contributed by atoms with E-state index in [0.29, 0.717) is 25.2 Å². The first-order valence-electron chi connectivity index (χ1n) is 8.34. The maximum absolute atomic E-state index is 12.9. The summed E-state index contributed by atoms with van der Waals surface area (Å²) in [5.74, 6) is -0.518. The molecule has 1 aromatic carbocycles. The van der Waals surface area contributed by atoms with E-state index in [1.165, 1.54) is 23.5 Å². The first kappa shape index (κ1) is 16.7. The van der Waals surface area contributed by atoms with E-state index in [0.717, 1.165) is 10.5 Å². The molecule has 26 heavy (non-hydrogen) atoms. The molecule has 1 fully saturated rings. The number of amides is 2. The molecule has 0 spiro atoms. The van der Waals surface area contributed by atoms with Gasteiger partial charge in [0, 0.05) is 37.3 Å². The van der Waals surface area contributed by atoms with E-state index in [2.05, 4.69) is 10.3 Å². The van der Waals surface area contributed by atoms with Crippen LogP contribution in [-0.2, 0) is 11.2 Å². The van der Waals surface area contributed by atoms with Gasteiger partial charge in [0.25, 0.3) is 5.91 Å². The number of thiazole rings is 1. The van der Waals surface area contributed by atoms with Gasteiger partial charge >= 0.3 is 0 Å². The number of likely N-dealkylation sites (tertiary alicyclic amines) is 1. The van der Waals surface area contributed by atoms with E-state index in [9.17, 15) is 14.0 Å². The Morgan fingerprint density at radius 3 is 2.92 bits per heavy atom. The molecule has 2 amide bonds. The zero-order valence-electron chi connectivity index (χ0n) is 13.9. The maximum atomic E-state index is 12.9. The van der Waals surface area contributed by atoms with Crippen molar-refractivity contribution >= 4 is 28.1 Å². The van der Waals surface area contributed by atoms with Gasteiger partial charge in [-0.1, -0.05) is 12.1 Å². The zero-order valence-corrected chi connectivity index (χ0v) is 14.7. The van der Waals surface area contributed by atoms with Crippen molar-refractivity contribution in [1.82, 2.24) is 19.6 Å². The Morgan fingerprint density at radius 2 is 2.15 bits per heavy atom. The standard InChI is InChI=1S/C18H17FN4O2S/c19-13-3-1-12(2-4-13)5-6-22-10-14(9-16(22)24)20-17(25)15-11-23-7-8-26-18(23)21-15/h1-4,7-8,11,14H,5-6,9-10H2,(H,20,25)/t14-/m0/s1. The summed E-state index contributed by atoms with van der Waals surface area (Å²) in [4.78, 5) is 31.3. The summed E-state index contributed by atoms with van der Waals surface area (Å²) in [6.07, 6.45) is 4.48. The number of benzene rings is 1. The van der Waals surface area contributed by atoms with Crippen LogP contribution in [-0.4, -0.2) is 45.2 Å². The van der Waals surface area contributed by atoms with Gasteiger partial charge < -0.3 is 10.2 Å². The van der Waals surface area contributed by atoms with Gasteiger partial charge in [0.2, 0.25) is 5.91 Å². The van der Waals surface area contributed by atoms with Gasteiger partial charge in [-0.25, -0.2) is 9.37 Å². The van der Waals surface area contributed by atoms with Crippen LogP contribution in [0.4, 0.5) is 4.39 Å². The monoisotopic (exact) mass is 372 g/mol. The van der Waals surface area contributed by atoms with Crippen molar-refractivity contribution in [2.24, 2.45) is 0 Å². The van der Waals surface area contributed by atoms with Gasteiger partial charge in [0.1, 0.15) is 11.5 Å². The number of aromatic nitrogens is 2. The second-order valence-electron chi connectivity index (χ2n) is 6.31. The highest BCUT2D eigenvalue weighted by Crippen LogP contribution is 2.15. The fraction of sp³-hybridized carbons (Fsp3) is 0.278. The lowest BCUT2D eigenvalue weighted by Crippen LogP contribution is -2.37. The van der Waals surface area contributed by atoms with Crippen molar-refractivity contribution in [2.75, 3.05) is 13.1 Å². The molecule has 1 saturated heterocycles. The summed E-state index contributed by atoms with van der Waals surface area (Å²) in [7, 11) is 0. The molecule has 134 valence electrons. The number of carbonyl (C=O) groups is 2. The van der Waals surface area contributed by atoms with Crippen LogP contribution >= 0.6 is 11.3 Å². The number of carbonyl (C=O) groups excluding carboxylic acids is 2. The molecule has 0 saturated carbocycles. The van der Waals surface area contributed by atoms with E-state index in [1.807, 2.05) is 11.6 Å². The van der Waals surface area contributed by atoms with Crippen molar-refractivity contribution < 1.29 is 14.0 Å². The van der Waals surface area contributed by atoms with Crippen LogP contribution in [0.3, 0.4) is 0 Å². The number of nitrogens with one attached hydrogen (secondary N) is 1. The topological polar surface area (TPSA) is 66.7 Å². The SMILES string of the molecule is O=C(N[C@H]1CC(=O)N(CCc2ccc(F)cc2)C1)c1cn2ccsc2n1. The minimum atomic E-state index is -0.270. The fourth-order valence-electron chi connectivity index (χ4n) is 3.10. The van der Waals surface area contributed by atoms with Crippen LogP contribution in [0.1, 0.15) is 22.5 Å². The molecule has 0 bridgehead atoms. The first-order valence-corrected chi connectivity index (χ1v) is 9.22. The third kappa shape index (κ3) is 3.45. The summed E-state index contributed by atoms with van der Waals surface area (Å²) in [5.41, 5.74) is 1.33. The summed E-state index contributed by atoms with van der Waals surface area (Å²) < 4.78 is 14.7. The zero-order chi connectivity index (χ0) is 18.1. The number of imidazole rings is 1. The second-order valence-corrected chi connectivity index (χ2v) is 7.18. The Hall–Kier alpha value is -2.74. The molecular formula is C18H17FN4O2S. The van der Waals surface area contributed by atoms with E-state index in [4.69, 9.17) is 0 Å². The number of fused-ring (bicyclic) bond motifs is 1. The summed E-state index contributed by atoms with van der Waals surface area (Å²) >= 11 is 1.46. The number of nitrogens with zero attached hydrogens (tertiary/aromatic N) is 3. The molecule has 1 aliphatic heterocycles. The molecule has 8 heteroatoms. The molecule has 1 N–H and O–H groups in total. The number of halogens is 1. The molecule has 1 aliphatic rings. The third-order valence-electron chi connectivity index (χ3n) is 4.46. The average Bonchev–Trinajstić information content (AvgIpc) is 3.29. The van der Waals surface area contributed by atoms with Gasteiger partial charge in [0.15, 0.2) is 4.96 Å². The van der Waals surface area contributed by atoms with Crippen LogP contribution in [0.25, 0.3) is 4.96 Å². The highest BCUT2D eigenvalue weighted by Gasteiger charge is 2.30. The minimum Gasteiger partial charge on any atom is -0.346 e. The number of hydrogen-bond acceptors (Lipinski definition) is 4. The van der Waals surface area contributed by atoms with Crippen molar-refractivity contribution in [1.29, 1.82) is 0 Å². The Bertz CT molecular complexity index is 921. The molecule has 0 unspecified atom stereocenters. The van der Waals surface area contributed by atoms with Crippen LogP contribution in [0, 0.1) is 5.82 Å². The summed E-state index contributed by atoms with van der Waals surface area (Å²) in [6, 6.07) is 6.06. The van der Waals surface area contributed by atoms with Gasteiger partial charge in [-0.3, -0.25) is 14.0 Å². The van der Waals surface area contributed by atoms with Crippen molar-refractivity contribution in [3.05, 3.63) is 59.1 Å². The Kier molecular flexibility index (Phi) is 4.42. The Morgan fingerprint density at radius 1 is 1.35 bits per heavy atom. The van der Waals surface area contributed by atoms with Crippen molar-refractivity contribution in [3.8, 4) is 0 Å². The number of rotatable bonds is 5. The Balaban J connectivity index is 1.32. The molecular weight excluding hydrogens is 355 g/mol. The smallest absolute Gasteiger partial charge is 0.271 e. The van der Waals surface area contributed by atoms with Crippen molar-refractivity contribution in [3.63, 3.8) is 0 Å². The quantitative estimate of drug-likeness (QED) is 0.746. The lowest BCUT2D eigenvalue weighted by Gasteiger charge is -2.17. The molecule has 4 rings (SSSR count). The number of hydrogen-bond donors (Lipinski definition) is 1. The average molecular weight is 372 g/mol. The predicted molar refractivity (Wildman–Crippen MR) is 95.6 cm³/mol. The molecule has 2 aromatic heterocycles.